The van der Waals surface area contributed by atoms with Crippen LogP contribution >= 0.6 is 0 Å². The van der Waals surface area contributed by atoms with Crippen LogP contribution in [0.4, 0.5) is 8.78 Å². The monoisotopic (exact) mass is 385 g/mol. The van der Waals surface area contributed by atoms with Crippen molar-refractivity contribution in [2.24, 2.45) is 0 Å². The normalized spacial score (nSPS) is 20.7. The molecular formula is C22H25F2N3O. The van der Waals surface area contributed by atoms with Crippen LogP contribution in [0, 0.1) is 11.6 Å². The van der Waals surface area contributed by atoms with Gasteiger partial charge in [-0.2, -0.15) is 0 Å². The predicted octanol–water partition coefficient (Wildman–Crippen LogP) is 2.95. The van der Waals surface area contributed by atoms with Crippen molar-refractivity contribution in [3.8, 4) is 0 Å². The molecule has 0 aliphatic carbocycles. The number of hydrogen-bond donors (Lipinski definition) is 1. The molecule has 28 heavy (non-hydrogen) atoms. The summed E-state index contributed by atoms with van der Waals surface area (Å²) in [6, 6.07) is 12.8. The first-order valence-electron chi connectivity index (χ1n) is 9.89. The number of rotatable bonds is 4. The Balaban J connectivity index is 1.51. The molecular weight excluding hydrogens is 360 g/mol. The first-order valence-corrected chi connectivity index (χ1v) is 9.89. The average molecular weight is 385 g/mol. The van der Waals surface area contributed by atoms with Crippen LogP contribution in [0.1, 0.15) is 30.0 Å². The molecule has 1 atom stereocenters. The van der Waals surface area contributed by atoms with E-state index in [1.54, 1.807) is 24.3 Å². The zero-order valence-electron chi connectivity index (χ0n) is 15.8. The highest BCUT2D eigenvalue weighted by molar-refractivity contribution is 5.82. The maximum atomic E-state index is 13.4. The quantitative estimate of drug-likeness (QED) is 0.879. The molecule has 0 bridgehead atoms. The molecule has 4 rings (SSSR count). The topological polar surface area (TPSA) is 35.6 Å². The molecule has 4 nitrogen and oxygen atoms in total. The second-order valence-corrected chi connectivity index (χ2v) is 7.52. The summed E-state index contributed by atoms with van der Waals surface area (Å²) in [5, 5.41) is 3.27. The molecule has 6 heteroatoms. The molecule has 2 aliphatic heterocycles. The van der Waals surface area contributed by atoms with E-state index in [1.165, 1.54) is 24.3 Å². The highest BCUT2D eigenvalue weighted by Crippen LogP contribution is 2.30. The molecule has 2 aromatic rings. The van der Waals surface area contributed by atoms with E-state index in [0.29, 0.717) is 13.1 Å². The Labute approximate surface area is 164 Å². The minimum absolute atomic E-state index is 0.0449. The van der Waals surface area contributed by atoms with Gasteiger partial charge in [-0.15, -0.1) is 0 Å². The Morgan fingerprint density at radius 3 is 1.89 bits per heavy atom. The van der Waals surface area contributed by atoms with Crippen molar-refractivity contribution in [2.45, 2.75) is 24.9 Å². The van der Waals surface area contributed by atoms with E-state index in [1.807, 2.05) is 4.90 Å². The summed E-state index contributed by atoms with van der Waals surface area (Å²) in [7, 11) is 0. The molecule has 2 heterocycles. The SMILES string of the molecule is O=C([C@H]1CCCN1)N1CCN(C(c2ccc(F)cc2)c2ccc(F)cc2)CC1. The van der Waals surface area contributed by atoms with E-state index in [9.17, 15) is 13.6 Å². The molecule has 0 aromatic heterocycles. The van der Waals surface area contributed by atoms with Crippen LogP contribution in [-0.4, -0.2) is 54.5 Å². The second-order valence-electron chi connectivity index (χ2n) is 7.52. The van der Waals surface area contributed by atoms with Crippen molar-refractivity contribution < 1.29 is 13.6 Å². The van der Waals surface area contributed by atoms with Gasteiger partial charge in [-0.3, -0.25) is 9.69 Å². The van der Waals surface area contributed by atoms with Crippen molar-refractivity contribution >= 4 is 5.91 Å². The smallest absolute Gasteiger partial charge is 0.239 e. The first-order chi connectivity index (χ1) is 13.6. The van der Waals surface area contributed by atoms with Crippen LogP contribution in [0.2, 0.25) is 0 Å². The number of nitrogens with zero attached hydrogens (tertiary/aromatic N) is 2. The Kier molecular flexibility index (Phi) is 5.69. The van der Waals surface area contributed by atoms with Gasteiger partial charge in [-0.1, -0.05) is 24.3 Å². The van der Waals surface area contributed by atoms with Gasteiger partial charge in [-0.05, 0) is 54.8 Å². The lowest BCUT2D eigenvalue weighted by molar-refractivity contribution is -0.135. The number of benzene rings is 2. The molecule has 1 N–H and O–H groups in total. The van der Waals surface area contributed by atoms with Gasteiger partial charge in [0.15, 0.2) is 0 Å². The molecule has 0 spiro atoms. The Hall–Kier alpha value is -2.31. The Bertz CT molecular complexity index is 750. The first kappa shape index (κ1) is 19.0. The summed E-state index contributed by atoms with van der Waals surface area (Å²) in [4.78, 5) is 16.9. The summed E-state index contributed by atoms with van der Waals surface area (Å²) in [5.41, 5.74) is 1.93. The highest BCUT2D eigenvalue weighted by Gasteiger charge is 2.32. The third-order valence-corrected chi connectivity index (χ3v) is 5.72. The van der Waals surface area contributed by atoms with E-state index in [-0.39, 0.29) is 29.6 Å². The summed E-state index contributed by atoms with van der Waals surface area (Å²) in [5.74, 6) is -0.362. The predicted molar refractivity (Wildman–Crippen MR) is 104 cm³/mol. The number of halogens is 2. The van der Waals surface area contributed by atoms with Gasteiger partial charge < -0.3 is 10.2 Å². The molecule has 0 radical (unpaired) electrons. The number of piperazine rings is 1. The Morgan fingerprint density at radius 1 is 0.893 bits per heavy atom. The standard InChI is InChI=1S/C22H25F2N3O/c23-18-7-3-16(4-8-18)21(17-5-9-19(24)10-6-17)26-12-14-27(15-13-26)22(28)20-2-1-11-25-20/h3-10,20-21,25H,1-2,11-15H2/t20-/m1/s1. The number of carbonyl (C=O) groups is 1. The summed E-state index contributed by atoms with van der Waals surface area (Å²) in [6.45, 7) is 3.68. The van der Waals surface area contributed by atoms with Crippen molar-refractivity contribution in [3.05, 3.63) is 71.3 Å². The largest absolute Gasteiger partial charge is 0.339 e. The molecule has 1 amide bonds. The van der Waals surface area contributed by atoms with E-state index in [4.69, 9.17) is 0 Å². The van der Waals surface area contributed by atoms with Crippen LogP contribution in [-0.2, 0) is 4.79 Å². The lowest BCUT2D eigenvalue weighted by atomic mass is 9.96. The van der Waals surface area contributed by atoms with Crippen molar-refractivity contribution in [2.75, 3.05) is 32.7 Å². The fraction of sp³-hybridized carbons (Fsp3) is 0.409. The lowest BCUT2D eigenvalue weighted by Crippen LogP contribution is -2.53. The number of amides is 1. The van der Waals surface area contributed by atoms with Gasteiger partial charge >= 0.3 is 0 Å². The molecule has 0 saturated carbocycles. The van der Waals surface area contributed by atoms with E-state index in [0.717, 1.165) is 43.6 Å². The minimum Gasteiger partial charge on any atom is -0.339 e. The molecule has 2 fully saturated rings. The minimum atomic E-state index is -0.277. The van der Waals surface area contributed by atoms with E-state index in [2.05, 4.69) is 10.2 Å². The summed E-state index contributed by atoms with van der Waals surface area (Å²) in [6.07, 6.45) is 1.96. The summed E-state index contributed by atoms with van der Waals surface area (Å²) >= 11 is 0. The third-order valence-electron chi connectivity index (χ3n) is 5.72. The van der Waals surface area contributed by atoms with Crippen molar-refractivity contribution in [1.29, 1.82) is 0 Å². The molecule has 2 saturated heterocycles. The van der Waals surface area contributed by atoms with E-state index < -0.39 is 0 Å². The number of hydrogen-bond acceptors (Lipinski definition) is 3. The fourth-order valence-corrected chi connectivity index (χ4v) is 4.22. The Morgan fingerprint density at radius 2 is 1.43 bits per heavy atom. The van der Waals surface area contributed by atoms with E-state index >= 15 is 0 Å². The number of nitrogens with one attached hydrogen (secondary N) is 1. The van der Waals surface area contributed by atoms with Gasteiger partial charge in [0, 0.05) is 26.2 Å². The van der Waals surface area contributed by atoms with Gasteiger partial charge in [0.1, 0.15) is 11.6 Å². The zero-order chi connectivity index (χ0) is 19.5. The average Bonchev–Trinajstić information content (AvgIpc) is 3.26. The van der Waals surface area contributed by atoms with Crippen molar-refractivity contribution in [3.63, 3.8) is 0 Å². The lowest BCUT2D eigenvalue weighted by Gasteiger charge is -2.40. The highest BCUT2D eigenvalue weighted by atomic mass is 19.1. The molecule has 148 valence electrons. The zero-order valence-corrected chi connectivity index (χ0v) is 15.8. The van der Waals surface area contributed by atoms with Crippen LogP contribution in [0.5, 0.6) is 0 Å². The number of carbonyl (C=O) groups excluding carboxylic acids is 1. The molecule has 0 unspecified atom stereocenters. The maximum absolute atomic E-state index is 13.4. The van der Waals surface area contributed by atoms with Crippen molar-refractivity contribution in [1.82, 2.24) is 15.1 Å². The maximum Gasteiger partial charge on any atom is 0.239 e. The molecule has 2 aromatic carbocycles. The van der Waals surface area contributed by atoms with Crippen LogP contribution in [0.3, 0.4) is 0 Å². The molecule has 2 aliphatic rings. The third kappa shape index (κ3) is 4.08. The fourth-order valence-electron chi connectivity index (χ4n) is 4.22. The van der Waals surface area contributed by atoms with Gasteiger partial charge in [0.2, 0.25) is 5.91 Å². The van der Waals surface area contributed by atoms with Gasteiger partial charge in [-0.25, -0.2) is 8.78 Å². The van der Waals surface area contributed by atoms with Gasteiger partial charge in [0.25, 0.3) is 0 Å². The second kappa shape index (κ2) is 8.37. The summed E-state index contributed by atoms with van der Waals surface area (Å²) < 4.78 is 26.8. The van der Waals surface area contributed by atoms with Crippen LogP contribution in [0.25, 0.3) is 0 Å². The van der Waals surface area contributed by atoms with Crippen LogP contribution < -0.4 is 5.32 Å². The van der Waals surface area contributed by atoms with Crippen LogP contribution in [0.15, 0.2) is 48.5 Å². The van der Waals surface area contributed by atoms with Gasteiger partial charge in [0.05, 0.1) is 12.1 Å².